The van der Waals surface area contributed by atoms with Crippen LogP contribution in [0.2, 0.25) is 0 Å². The van der Waals surface area contributed by atoms with E-state index < -0.39 is 0 Å². The molecule has 0 bridgehead atoms. The van der Waals surface area contributed by atoms with E-state index in [0.29, 0.717) is 18.8 Å². The second-order valence-electron chi connectivity index (χ2n) is 6.19. The number of pyridine rings is 1. The van der Waals surface area contributed by atoms with Gasteiger partial charge in [-0.25, -0.2) is 9.78 Å². The van der Waals surface area contributed by atoms with Gasteiger partial charge in [0, 0.05) is 16.6 Å². The van der Waals surface area contributed by atoms with Gasteiger partial charge in [0.05, 0.1) is 18.6 Å². The molecule has 1 aliphatic heterocycles. The molecule has 4 rings (SSSR count). The van der Waals surface area contributed by atoms with E-state index in [2.05, 4.69) is 22.1 Å². The molecule has 2 aromatic carbocycles. The average Bonchev–Trinajstić information content (AvgIpc) is 3.17. The first-order valence-electron chi connectivity index (χ1n) is 8.88. The van der Waals surface area contributed by atoms with Crippen LogP contribution >= 0.6 is 0 Å². The van der Waals surface area contributed by atoms with Crippen LogP contribution in [-0.2, 0) is 4.74 Å². The Bertz CT molecular complexity index is 1100. The van der Waals surface area contributed by atoms with E-state index in [0.717, 1.165) is 22.2 Å². The minimum Gasteiger partial charge on any atom is -0.447 e. The summed E-state index contributed by atoms with van der Waals surface area (Å²) in [4.78, 5) is 29.7. The molecule has 6 heteroatoms. The maximum Gasteiger partial charge on any atom is 0.414 e. The topological polar surface area (TPSA) is 71.5 Å². The van der Waals surface area contributed by atoms with Crippen molar-refractivity contribution in [2.45, 2.75) is 0 Å². The van der Waals surface area contributed by atoms with Crippen LogP contribution in [0.4, 0.5) is 10.5 Å². The highest BCUT2D eigenvalue weighted by atomic mass is 16.6. The monoisotopic (exact) mass is 371 g/mol. The molecule has 138 valence electrons. The fourth-order valence-electron chi connectivity index (χ4n) is 2.91. The van der Waals surface area contributed by atoms with Gasteiger partial charge in [-0.1, -0.05) is 36.1 Å². The Morgan fingerprint density at radius 1 is 1.11 bits per heavy atom. The molecular weight excluding hydrogens is 354 g/mol. The lowest BCUT2D eigenvalue weighted by Crippen LogP contribution is -2.24. The molecule has 0 unspecified atom stereocenters. The molecular formula is C22H17N3O3. The van der Waals surface area contributed by atoms with Crippen LogP contribution < -0.4 is 10.2 Å². The molecule has 3 aromatic rings. The van der Waals surface area contributed by atoms with Gasteiger partial charge < -0.3 is 10.1 Å². The van der Waals surface area contributed by atoms with Gasteiger partial charge in [-0.05, 0) is 36.4 Å². The summed E-state index contributed by atoms with van der Waals surface area (Å²) in [6.07, 6.45) is -0.330. The second kappa shape index (κ2) is 7.80. The summed E-state index contributed by atoms with van der Waals surface area (Å²) >= 11 is 0. The summed E-state index contributed by atoms with van der Waals surface area (Å²) in [5, 5.41) is 3.74. The number of anilines is 1. The van der Waals surface area contributed by atoms with E-state index in [-0.39, 0.29) is 18.5 Å². The van der Waals surface area contributed by atoms with Gasteiger partial charge in [-0.3, -0.25) is 9.69 Å². The van der Waals surface area contributed by atoms with Crippen LogP contribution in [0.5, 0.6) is 0 Å². The number of aromatic nitrogens is 1. The zero-order valence-electron chi connectivity index (χ0n) is 15.0. The number of cyclic esters (lactones) is 1. The van der Waals surface area contributed by atoms with Crippen molar-refractivity contribution in [2.24, 2.45) is 0 Å². The Morgan fingerprint density at radius 2 is 1.93 bits per heavy atom. The van der Waals surface area contributed by atoms with Crippen LogP contribution in [-0.4, -0.2) is 36.7 Å². The summed E-state index contributed by atoms with van der Waals surface area (Å²) in [6, 6.07) is 18.5. The first kappa shape index (κ1) is 17.6. The minimum absolute atomic E-state index is 0.216. The van der Waals surface area contributed by atoms with Crippen molar-refractivity contribution in [1.29, 1.82) is 0 Å². The molecule has 1 fully saturated rings. The molecule has 1 aliphatic rings. The fraction of sp³-hybridized carbons (Fsp3) is 0.136. The van der Waals surface area contributed by atoms with Gasteiger partial charge in [0.1, 0.15) is 12.3 Å². The standard InChI is InChI=1S/C22H17N3O3/c26-21(20-12-9-17-5-1-2-6-19(17)24-20)23-13-3-4-16-7-10-18(11-8-16)25-14-15-28-22(25)27/h1-2,5-12H,13-15H2,(H,23,26). The molecule has 0 atom stereocenters. The van der Waals surface area contributed by atoms with Gasteiger partial charge in [-0.2, -0.15) is 0 Å². The number of nitrogens with one attached hydrogen (secondary N) is 1. The minimum atomic E-state index is -0.330. The first-order chi connectivity index (χ1) is 13.7. The second-order valence-corrected chi connectivity index (χ2v) is 6.19. The van der Waals surface area contributed by atoms with Gasteiger partial charge in [0.2, 0.25) is 0 Å². The number of carbonyl (C=O) groups excluding carboxylic acids is 2. The van der Waals surface area contributed by atoms with Crippen LogP contribution in [0.25, 0.3) is 10.9 Å². The fourth-order valence-corrected chi connectivity index (χ4v) is 2.91. The highest BCUT2D eigenvalue weighted by Crippen LogP contribution is 2.18. The van der Waals surface area contributed by atoms with Crippen molar-refractivity contribution in [3.05, 3.63) is 71.9 Å². The third-order valence-electron chi connectivity index (χ3n) is 4.34. The van der Waals surface area contributed by atoms with E-state index in [4.69, 9.17) is 4.74 Å². The predicted molar refractivity (Wildman–Crippen MR) is 106 cm³/mol. The molecule has 28 heavy (non-hydrogen) atoms. The largest absolute Gasteiger partial charge is 0.447 e. The van der Waals surface area contributed by atoms with Crippen molar-refractivity contribution < 1.29 is 14.3 Å². The number of ether oxygens (including phenoxy) is 1. The van der Waals surface area contributed by atoms with Crippen LogP contribution in [0.15, 0.2) is 60.7 Å². The molecule has 1 saturated heterocycles. The van der Waals surface area contributed by atoms with E-state index in [1.165, 1.54) is 0 Å². The van der Waals surface area contributed by atoms with E-state index >= 15 is 0 Å². The Labute approximate surface area is 162 Å². The number of hydrogen-bond acceptors (Lipinski definition) is 4. The molecule has 2 amide bonds. The molecule has 0 radical (unpaired) electrons. The van der Waals surface area contributed by atoms with Crippen molar-refractivity contribution in [1.82, 2.24) is 10.3 Å². The Kier molecular flexibility index (Phi) is 4.89. The summed E-state index contributed by atoms with van der Waals surface area (Å²) in [7, 11) is 0. The maximum atomic E-state index is 12.2. The third kappa shape index (κ3) is 3.79. The van der Waals surface area contributed by atoms with Crippen molar-refractivity contribution in [3.8, 4) is 11.8 Å². The number of nitrogens with zero attached hydrogens (tertiary/aromatic N) is 2. The van der Waals surface area contributed by atoms with E-state index in [9.17, 15) is 9.59 Å². The molecule has 1 N–H and O–H groups in total. The number of amides is 2. The van der Waals surface area contributed by atoms with Crippen molar-refractivity contribution in [3.63, 3.8) is 0 Å². The average molecular weight is 371 g/mol. The van der Waals surface area contributed by atoms with Gasteiger partial charge in [0.25, 0.3) is 5.91 Å². The number of benzene rings is 2. The number of hydrogen-bond donors (Lipinski definition) is 1. The quantitative estimate of drug-likeness (QED) is 0.719. The number of fused-ring (bicyclic) bond motifs is 1. The van der Waals surface area contributed by atoms with E-state index in [1.54, 1.807) is 11.0 Å². The van der Waals surface area contributed by atoms with Crippen LogP contribution in [0.3, 0.4) is 0 Å². The molecule has 1 aromatic heterocycles. The highest BCUT2D eigenvalue weighted by Gasteiger charge is 2.23. The summed E-state index contributed by atoms with van der Waals surface area (Å²) < 4.78 is 4.93. The van der Waals surface area contributed by atoms with Crippen molar-refractivity contribution >= 4 is 28.6 Å². The highest BCUT2D eigenvalue weighted by molar-refractivity contribution is 5.95. The summed E-state index contributed by atoms with van der Waals surface area (Å²) in [5.74, 6) is 5.65. The first-order valence-corrected chi connectivity index (χ1v) is 8.88. The SMILES string of the molecule is O=C(NCC#Cc1ccc(N2CCOC2=O)cc1)c1ccc2ccccc2n1. The zero-order chi connectivity index (χ0) is 19.3. The van der Waals surface area contributed by atoms with E-state index in [1.807, 2.05) is 54.6 Å². The summed E-state index contributed by atoms with van der Waals surface area (Å²) in [6.45, 7) is 1.18. The Morgan fingerprint density at radius 3 is 2.71 bits per heavy atom. The lowest BCUT2D eigenvalue weighted by Gasteiger charge is -2.11. The molecule has 0 saturated carbocycles. The maximum absolute atomic E-state index is 12.2. The normalized spacial score (nSPS) is 13.0. The number of rotatable bonds is 3. The Balaban J connectivity index is 1.35. The van der Waals surface area contributed by atoms with Crippen LogP contribution in [0.1, 0.15) is 16.1 Å². The molecule has 0 aliphatic carbocycles. The van der Waals surface area contributed by atoms with Gasteiger partial charge in [-0.15, -0.1) is 0 Å². The number of para-hydroxylation sites is 1. The Hall–Kier alpha value is -3.85. The smallest absolute Gasteiger partial charge is 0.414 e. The van der Waals surface area contributed by atoms with Gasteiger partial charge >= 0.3 is 6.09 Å². The zero-order valence-corrected chi connectivity index (χ0v) is 15.0. The lowest BCUT2D eigenvalue weighted by molar-refractivity contribution is 0.0954. The van der Waals surface area contributed by atoms with Crippen molar-refractivity contribution in [2.75, 3.05) is 24.6 Å². The predicted octanol–water partition coefficient (Wildman–Crippen LogP) is 2.97. The summed E-state index contributed by atoms with van der Waals surface area (Å²) in [5.41, 5.74) is 2.73. The molecule has 2 heterocycles. The third-order valence-corrected chi connectivity index (χ3v) is 4.34. The van der Waals surface area contributed by atoms with Gasteiger partial charge in [0.15, 0.2) is 0 Å². The molecule has 6 nitrogen and oxygen atoms in total. The lowest BCUT2D eigenvalue weighted by atomic mass is 10.2. The molecule has 0 spiro atoms. The number of carbonyl (C=O) groups is 2. The van der Waals surface area contributed by atoms with Crippen LogP contribution in [0, 0.1) is 11.8 Å².